The maximum absolute atomic E-state index is 12.8. The highest BCUT2D eigenvalue weighted by molar-refractivity contribution is 5.87. The maximum atomic E-state index is 12.8. The van der Waals surface area contributed by atoms with E-state index >= 15 is 0 Å². The van der Waals surface area contributed by atoms with Crippen molar-refractivity contribution in [3.63, 3.8) is 0 Å². The molecule has 2 saturated heterocycles. The molecule has 2 aliphatic rings. The third-order valence-electron chi connectivity index (χ3n) is 7.31. The zero-order chi connectivity index (χ0) is 32.8. The summed E-state index contributed by atoms with van der Waals surface area (Å²) in [5.74, 6) is -2.50. The van der Waals surface area contributed by atoms with Crippen molar-refractivity contribution in [2.45, 2.75) is 67.8 Å². The first-order chi connectivity index (χ1) is 21.4. The van der Waals surface area contributed by atoms with E-state index in [1.165, 1.54) is 42.5 Å². The number of ether oxygens (including phenoxy) is 5. The van der Waals surface area contributed by atoms with Gasteiger partial charge in [0.05, 0.1) is 19.8 Å². The van der Waals surface area contributed by atoms with Crippen LogP contribution in [-0.4, -0.2) is 138 Å². The van der Waals surface area contributed by atoms with Crippen LogP contribution in [0.5, 0.6) is 23.0 Å². The van der Waals surface area contributed by atoms with Crippen molar-refractivity contribution in [2.24, 2.45) is 0 Å². The molecule has 0 bridgehead atoms. The number of phenolic OH excluding ortho intramolecular Hbond substituents is 4. The van der Waals surface area contributed by atoms with Crippen molar-refractivity contribution in [3.05, 3.63) is 53.6 Å². The van der Waals surface area contributed by atoms with Crippen molar-refractivity contribution in [1.82, 2.24) is 0 Å². The van der Waals surface area contributed by atoms with E-state index in [1.807, 2.05) is 0 Å². The van der Waals surface area contributed by atoms with Gasteiger partial charge < -0.3 is 74.7 Å². The predicted octanol–water partition coefficient (Wildman–Crippen LogP) is -2.04. The van der Waals surface area contributed by atoms with Gasteiger partial charge in [-0.2, -0.15) is 0 Å². The summed E-state index contributed by atoms with van der Waals surface area (Å²) in [7, 11) is 0. The number of aliphatic hydroxyl groups excluding tert-OH is 6. The number of rotatable bonds is 11. The summed E-state index contributed by atoms with van der Waals surface area (Å²) in [6, 6.07) is 7.88. The Morgan fingerprint density at radius 1 is 0.733 bits per heavy atom. The Balaban J connectivity index is 1.53. The molecule has 2 aliphatic heterocycles. The van der Waals surface area contributed by atoms with Gasteiger partial charge in [0, 0.05) is 6.08 Å². The average molecular weight is 641 g/mol. The van der Waals surface area contributed by atoms with Gasteiger partial charge in [0.1, 0.15) is 42.7 Å². The molecule has 4 rings (SSSR count). The molecule has 16 heteroatoms. The highest BCUT2D eigenvalue weighted by atomic mass is 16.7. The molecular weight excluding hydrogens is 604 g/mol. The maximum Gasteiger partial charge on any atom is 0.331 e. The Morgan fingerprint density at radius 2 is 1.38 bits per heavy atom. The van der Waals surface area contributed by atoms with E-state index in [4.69, 9.17) is 23.7 Å². The lowest BCUT2D eigenvalue weighted by Crippen LogP contribution is -2.65. The molecule has 10 atom stereocenters. The van der Waals surface area contributed by atoms with E-state index in [0.29, 0.717) is 11.1 Å². The van der Waals surface area contributed by atoms with Gasteiger partial charge in [0.15, 0.2) is 41.7 Å². The lowest BCUT2D eigenvalue weighted by molar-refractivity contribution is -0.360. The fourth-order valence-corrected chi connectivity index (χ4v) is 4.81. The van der Waals surface area contributed by atoms with Crippen molar-refractivity contribution >= 4 is 12.0 Å². The largest absolute Gasteiger partial charge is 0.504 e. The molecule has 10 N–H and O–H groups in total. The molecule has 2 fully saturated rings. The molecule has 0 radical (unpaired) electrons. The molecule has 2 heterocycles. The minimum Gasteiger partial charge on any atom is -0.504 e. The van der Waals surface area contributed by atoms with Crippen LogP contribution in [0.1, 0.15) is 11.1 Å². The number of aromatic hydroxyl groups is 4. The number of phenols is 4. The molecule has 0 aromatic heterocycles. The molecule has 0 aliphatic carbocycles. The first kappa shape index (κ1) is 34.3. The second-order valence-corrected chi connectivity index (χ2v) is 10.4. The Bertz CT molecular complexity index is 1320. The Morgan fingerprint density at radius 3 is 2.02 bits per heavy atom. The summed E-state index contributed by atoms with van der Waals surface area (Å²) >= 11 is 0. The molecule has 2 aromatic carbocycles. The van der Waals surface area contributed by atoms with Gasteiger partial charge in [-0.15, -0.1) is 0 Å². The summed E-state index contributed by atoms with van der Waals surface area (Å²) < 4.78 is 28.0. The van der Waals surface area contributed by atoms with Gasteiger partial charge in [-0.3, -0.25) is 0 Å². The standard InChI is InChI=1S/C29H36O16/c30-11-19-22(37)23(38)24(39)29(42-19)45-27-25(40)28(41-8-7-14-2-5-16(33)18(35)10-14)43-20(12-31)26(27)44-21(36)6-3-13-1-4-15(32)17(34)9-13/h1-6,9-10,19-20,22-35,37-40H,7-8,11-12H2/t19-,20+,22+,23-,24+,25+,26+,27+,28+,29-/m1/s1. The van der Waals surface area contributed by atoms with Gasteiger partial charge >= 0.3 is 5.97 Å². The summed E-state index contributed by atoms with van der Waals surface area (Å²) in [5.41, 5.74) is 0.870. The molecule has 45 heavy (non-hydrogen) atoms. The second-order valence-electron chi connectivity index (χ2n) is 10.4. The number of benzene rings is 2. The van der Waals surface area contributed by atoms with Gasteiger partial charge in [0.25, 0.3) is 0 Å². The van der Waals surface area contributed by atoms with E-state index in [0.717, 1.165) is 6.08 Å². The summed E-state index contributed by atoms with van der Waals surface area (Å²) in [6.07, 6.45) is -14.0. The van der Waals surface area contributed by atoms with Crippen LogP contribution in [0.15, 0.2) is 42.5 Å². The monoisotopic (exact) mass is 640 g/mol. The predicted molar refractivity (Wildman–Crippen MR) is 149 cm³/mol. The zero-order valence-corrected chi connectivity index (χ0v) is 23.6. The third-order valence-corrected chi connectivity index (χ3v) is 7.31. The summed E-state index contributed by atoms with van der Waals surface area (Å²) in [5, 5.41) is 100. The van der Waals surface area contributed by atoms with Crippen LogP contribution in [0.2, 0.25) is 0 Å². The molecule has 248 valence electrons. The SMILES string of the molecule is O=C(C=Cc1ccc(O)c(O)c1)O[C@@H]1[C@@H](O[C@H]2O[C@H](CO)[C@H](O)[C@@H](O)[C@@H]2O)[C@H](O)[C@@H](OCCc2ccc(O)c(O)c2)O[C@H]1CO. The van der Waals surface area contributed by atoms with Crippen LogP contribution in [0.3, 0.4) is 0 Å². The van der Waals surface area contributed by atoms with Gasteiger partial charge in [-0.1, -0.05) is 12.1 Å². The van der Waals surface area contributed by atoms with Crippen molar-refractivity contribution < 1.29 is 79.5 Å². The van der Waals surface area contributed by atoms with E-state index in [9.17, 15) is 55.9 Å². The number of aliphatic hydroxyl groups is 6. The van der Waals surface area contributed by atoms with Crippen LogP contribution in [0, 0.1) is 0 Å². The lowest BCUT2D eigenvalue weighted by atomic mass is 9.96. The number of hydrogen-bond acceptors (Lipinski definition) is 16. The molecule has 0 saturated carbocycles. The number of hydrogen-bond donors (Lipinski definition) is 10. The third kappa shape index (κ3) is 8.19. The highest BCUT2D eigenvalue weighted by Crippen LogP contribution is 2.32. The summed E-state index contributed by atoms with van der Waals surface area (Å²) in [4.78, 5) is 12.8. The van der Waals surface area contributed by atoms with Crippen LogP contribution in [0.25, 0.3) is 6.08 Å². The van der Waals surface area contributed by atoms with E-state index < -0.39 is 86.3 Å². The molecule has 0 spiro atoms. The molecule has 16 nitrogen and oxygen atoms in total. The van der Waals surface area contributed by atoms with Crippen LogP contribution >= 0.6 is 0 Å². The number of carbonyl (C=O) groups excluding carboxylic acids is 1. The van der Waals surface area contributed by atoms with Gasteiger partial charge in [-0.05, 0) is 47.9 Å². The fraction of sp³-hybridized carbons (Fsp3) is 0.483. The minimum atomic E-state index is -1.88. The summed E-state index contributed by atoms with van der Waals surface area (Å²) in [6.45, 7) is -1.65. The smallest absolute Gasteiger partial charge is 0.331 e. The number of esters is 1. The first-order valence-electron chi connectivity index (χ1n) is 13.9. The molecule has 0 unspecified atom stereocenters. The minimum absolute atomic E-state index is 0.108. The molecule has 2 aromatic rings. The fourth-order valence-electron chi connectivity index (χ4n) is 4.81. The van der Waals surface area contributed by atoms with Crippen molar-refractivity contribution in [3.8, 4) is 23.0 Å². The molecule has 0 amide bonds. The quantitative estimate of drug-likeness (QED) is 0.0720. The lowest BCUT2D eigenvalue weighted by Gasteiger charge is -2.46. The van der Waals surface area contributed by atoms with Gasteiger partial charge in [-0.25, -0.2) is 4.79 Å². The normalized spacial score (nSPS) is 32.0. The van der Waals surface area contributed by atoms with Crippen LogP contribution < -0.4 is 0 Å². The Kier molecular flexibility index (Phi) is 11.6. The van der Waals surface area contributed by atoms with Crippen molar-refractivity contribution in [1.29, 1.82) is 0 Å². The number of carbonyl (C=O) groups is 1. The highest BCUT2D eigenvalue weighted by Gasteiger charge is 2.52. The topological polar surface area (TPSA) is 266 Å². The van der Waals surface area contributed by atoms with Crippen molar-refractivity contribution in [2.75, 3.05) is 19.8 Å². The average Bonchev–Trinajstić information content (AvgIpc) is 3.02. The van der Waals surface area contributed by atoms with E-state index in [-0.39, 0.29) is 30.3 Å². The van der Waals surface area contributed by atoms with Crippen LogP contribution in [-0.2, 0) is 34.9 Å². The zero-order valence-electron chi connectivity index (χ0n) is 23.6. The van der Waals surface area contributed by atoms with Gasteiger partial charge in [0.2, 0.25) is 0 Å². The van der Waals surface area contributed by atoms with Crippen LogP contribution in [0.4, 0.5) is 0 Å². The molecular formula is C29H36O16. The second kappa shape index (κ2) is 15.2. The van der Waals surface area contributed by atoms with E-state index in [1.54, 1.807) is 0 Å². The Hall–Kier alpha value is -3.55. The Labute approximate surface area is 256 Å². The first-order valence-corrected chi connectivity index (χ1v) is 13.9. The van der Waals surface area contributed by atoms with E-state index in [2.05, 4.69) is 0 Å².